The molecule has 0 radical (unpaired) electrons. The van der Waals surface area contributed by atoms with Crippen molar-refractivity contribution < 1.29 is 0 Å². The summed E-state index contributed by atoms with van der Waals surface area (Å²) in [6.07, 6.45) is 10.9. The second-order valence-electron chi connectivity index (χ2n) is 6.74. The minimum Gasteiger partial charge on any atom is -0.370 e. The van der Waals surface area contributed by atoms with E-state index in [9.17, 15) is 0 Å². The average Bonchev–Trinajstić information content (AvgIpc) is 3.35. The van der Waals surface area contributed by atoms with Gasteiger partial charge in [0.05, 0.1) is 17.6 Å². The molecule has 2 aromatic rings. The Morgan fingerprint density at radius 1 is 0.958 bits per heavy atom. The van der Waals surface area contributed by atoms with Crippen LogP contribution < -0.4 is 9.80 Å². The molecule has 0 aliphatic carbocycles. The van der Waals surface area contributed by atoms with Crippen LogP contribution in [0.15, 0.2) is 35.6 Å². The molecule has 0 amide bonds. The number of aliphatic imine (C=N–C) groups is 1. The molecule has 2 aliphatic rings. The smallest absolute Gasteiger partial charge is 0.110 e. The Labute approximate surface area is 143 Å². The van der Waals surface area contributed by atoms with E-state index in [4.69, 9.17) is 4.99 Å². The number of benzene rings is 1. The van der Waals surface area contributed by atoms with Gasteiger partial charge in [-0.3, -0.25) is 9.67 Å². The highest BCUT2D eigenvalue weighted by Gasteiger charge is 2.21. The van der Waals surface area contributed by atoms with E-state index in [1.165, 1.54) is 37.1 Å². The maximum absolute atomic E-state index is 4.92. The first-order valence-electron chi connectivity index (χ1n) is 8.97. The third-order valence-corrected chi connectivity index (χ3v) is 4.95. The minimum absolute atomic E-state index is 1.04. The Bertz CT molecular complexity index is 687. The third-order valence-electron chi connectivity index (χ3n) is 4.95. The van der Waals surface area contributed by atoms with E-state index in [1.807, 2.05) is 30.3 Å². The number of hydrogen-bond acceptors (Lipinski definition) is 4. The minimum atomic E-state index is 1.04. The second kappa shape index (κ2) is 6.67. The van der Waals surface area contributed by atoms with E-state index in [-0.39, 0.29) is 0 Å². The summed E-state index contributed by atoms with van der Waals surface area (Å²) < 4.78 is 1.81. The molecule has 1 aromatic carbocycles. The van der Waals surface area contributed by atoms with Gasteiger partial charge in [-0.2, -0.15) is 5.10 Å². The number of nitrogens with zero attached hydrogens (tertiary/aromatic N) is 5. The molecule has 0 atom stereocenters. The predicted octanol–water partition coefficient (Wildman–Crippen LogP) is 3.37. The van der Waals surface area contributed by atoms with Crippen LogP contribution in [-0.2, 0) is 7.05 Å². The summed E-state index contributed by atoms with van der Waals surface area (Å²) in [7, 11) is 1.94. The van der Waals surface area contributed by atoms with Gasteiger partial charge in [0.25, 0.3) is 0 Å². The molecule has 2 fully saturated rings. The zero-order valence-corrected chi connectivity index (χ0v) is 14.4. The molecule has 5 heteroatoms. The highest BCUT2D eigenvalue weighted by molar-refractivity contribution is 5.89. The highest BCUT2D eigenvalue weighted by atomic mass is 15.2. The quantitative estimate of drug-likeness (QED) is 0.810. The lowest BCUT2D eigenvalue weighted by Gasteiger charge is -2.25. The van der Waals surface area contributed by atoms with Crippen molar-refractivity contribution in [3.8, 4) is 0 Å². The average molecular weight is 323 g/mol. The molecule has 5 nitrogen and oxygen atoms in total. The fourth-order valence-electron chi connectivity index (χ4n) is 3.72. The van der Waals surface area contributed by atoms with Crippen LogP contribution in [0.1, 0.15) is 31.2 Å². The summed E-state index contributed by atoms with van der Waals surface area (Å²) in [6.45, 7) is 4.55. The molecular weight excluding hydrogens is 298 g/mol. The van der Waals surface area contributed by atoms with Gasteiger partial charge in [-0.05, 0) is 37.8 Å². The van der Waals surface area contributed by atoms with Crippen LogP contribution in [0.3, 0.4) is 0 Å². The summed E-state index contributed by atoms with van der Waals surface area (Å²) in [4.78, 5) is 9.88. The van der Waals surface area contributed by atoms with Gasteiger partial charge in [-0.15, -0.1) is 0 Å². The van der Waals surface area contributed by atoms with Gasteiger partial charge >= 0.3 is 0 Å². The number of aromatic nitrogens is 2. The molecule has 1 aromatic heterocycles. The van der Waals surface area contributed by atoms with Gasteiger partial charge in [0.1, 0.15) is 5.69 Å². The lowest BCUT2D eigenvalue weighted by molar-refractivity contribution is 0.767. The lowest BCUT2D eigenvalue weighted by atomic mass is 10.2. The Hall–Kier alpha value is -2.30. The molecule has 0 bridgehead atoms. The monoisotopic (exact) mass is 323 g/mol. The molecule has 4 rings (SSSR count). The largest absolute Gasteiger partial charge is 0.370 e. The SMILES string of the molecule is Cn1cc(C=Nc2c(N3CCCC3)cccc2N2CCCC2)cn1. The van der Waals surface area contributed by atoms with E-state index in [0.29, 0.717) is 0 Å². The third kappa shape index (κ3) is 3.03. The van der Waals surface area contributed by atoms with Crippen LogP contribution in [0.5, 0.6) is 0 Å². The summed E-state index contributed by atoms with van der Waals surface area (Å²) >= 11 is 0. The van der Waals surface area contributed by atoms with Crippen molar-refractivity contribution in [3.63, 3.8) is 0 Å². The fourth-order valence-corrected chi connectivity index (χ4v) is 3.72. The molecular formula is C19H25N5. The van der Waals surface area contributed by atoms with Crippen LogP contribution in [0, 0.1) is 0 Å². The maximum Gasteiger partial charge on any atom is 0.110 e. The molecule has 3 heterocycles. The van der Waals surface area contributed by atoms with Crippen LogP contribution in [-0.4, -0.2) is 42.2 Å². The van der Waals surface area contributed by atoms with Gasteiger partial charge in [0, 0.05) is 51.2 Å². The van der Waals surface area contributed by atoms with Crippen LogP contribution in [0.2, 0.25) is 0 Å². The second-order valence-corrected chi connectivity index (χ2v) is 6.74. The van der Waals surface area contributed by atoms with E-state index in [0.717, 1.165) is 37.4 Å². The molecule has 0 N–H and O–H groups in total. The summed E-state index contributed by atoms with van der Waals surface area (Å²) in [6, 6.07) is 6.63. The molecule has 126 valence electrons. The van der Waals surface area contributed by atoms with Crippen molar-refractivity contribution in [1.82, 2.24) is 9.78 Å². The van der Waals surface area contributed by atoms with Crippen molar-refractivity contribution >= 4 is 23.3 Å². The Morgan fingerprint density at radius 3 is 2.04 bits per heavy atom. The molecule has 24 heavy (non-hydrogen) atoms. The van der Waals surface area contributed by atoms with E-state index in [1.54, 1.807) is 0 Å². The van der Waals surface area contributed by atoms with Crippen LogP contribution >= 0.6 is 0 Å². The van der Waals surface area contributed by atoms with Gasteiger partial charge in [-0.25, -0.2) is 0 Å². The van der Waals surface area contributed by atoms with Crippen LogP contribution in [0.4, 0.5) is 17.1 Å². The Kier molecular flexibility index (Phi) is 4.24. The van der Waals surface area contributed by atoms with Crippen molar-refractivity contribution in [2.45, 2.75) is 25.7 Å². The standard InChI is InChI=1S/C19H25N5/c1-22-15-16(14-21-22)13-20-19-17(23-9-2-3-10-23)7-6-8-18(19)24-11-4-5-12-24/h6-8,13-15H,2-5,9-12H2,1H3. The van der Waals surface area contributed by atoms with E-state index < -0.39 is 0 Å². The fraction of sp³-hybridized carbons (Fsp3) is 0.474. The van der Waals surface area contributed by atoms with Crippen molar-refractivity contribution in [3.05, 3.63) is 36.2 Å². The van der Waals surface area contributed by atoms with Crippen LogP contribution in [0.25, 0.3) is 0 Å². The van der Waals surface area contributed by atoms with Crippen molar-refractivity contribution in [2.24, 2.45) is 12.0 Å². The normalized spacial score (nSPS) is 18.2. The first kappa shape index (κ1) is 15.2. The highest BCUT2D eigenvalue weighted by Crippen LogP contribution is 2.40. The first-order valence-corrected chi connectivity index (χ1v) is 8.97. The molecule has 0 unspecified atom stereocenters. The number of rotatable bonds is 4. The van der Waals surface area contributed by atoms with Gasteiger partial charge < -0.3 is 9.80 Å². The topological polar surface area (TPSA) is 36.7 Å². The summed E-state index contributed by atoms with van der Waals surface area (Å²) in [5.74, 6) is 0. The van der Waals surface area contributed by atoms with Crippen molar-refractivity contribution in [1.29, 1.82) is 0 Å². The van der Waals surface area contributed by atoms with E-state index >= 15 is 0 Å². The summed E-state index contributed by atoms with van der Waals surface area (Å²) in [5, 5.41) is 4.23. The van der Waals surface area contributed by atoms with Crippen molar-refractivity contribution in [2.75, 3.05) is 36.0 Å². The number of aryl methyl sites for hydroxylation is 1. The van der Waals surface area contributed by atoms with E-state index in [2.05, 4.69) is 33.1 Å². The molecule has 2 saturated heterocycles. The number of anilines is 2. The van der Waals surface area contributed by atoms with Gasteiger partial charge in [0.2, 0.25) is 0 Å². The lowest BCUT2D eigenvalue weighted by Crippen LogP contribution is -2.21. The Morgan fingerprint density at radius 2 is 1.54 bits per heavy atom. The number of hydrogen-bond donors (Lipinski definition) is 0. The predicted molar refractivity (Wildman–Crippen MR) is 99.8 cm³/mol. The number of para-hydroxylation sites is 1. The molecule has 0 saturated carbocycles. The van der Waals surface area contributed by atoms with Gasteiger partial charge in [0.15, 0.2) is 0 Å². The maximum atomic E-state index is 4.92. The zero-order valence-electron chi connectivity index (χ0n) is 14.4. The molecule has 2 aliphatic heterocycles. The first-order chi connectivity index (χ1) is 11.8. The summed E-state index contributed by atoms with van der Waals surface area (Å²) in [5.41, 5.74) is 4.71. The van der Waals surface area contributed by atoms with Gasteiger partial charge in [-0.1, -0.05) is 6.07 Å². The zero-order chi connectivity index (χ0) is 16.4. The Balaban J connectivity index is 1.73. The molecule has 0 spiro atoms.